The Labute approximate surface area is 482 Å². The van der Waals surface area contributed by atoms with Crippen molar-refractivity contribution in [2.45, 2.75) is 307 Å². The first-order chi connectivity index (χ1) is 35.1. The van der Waals surface area contributed by atoms with Crippen LogP contribution in [0.4, 0.5) is 0 Å². The minimum Gasteiger partial charge on any atom is -0.328 e. The molecule has 1 aliphatic rings. The molecule has 14 heteroatoms. The second-order valence-corrected chi connectivity index (χ2v) is 26.8. The lowest BCUT2D eigenvalue weighted by Gasteiger charge is -2.66. The number of unbranched alkanes of at least 4 members (excludes halogenated alkanes) is 36. The molecule has 0 amide bonds. The molecule has 0 aromatic heterocycles. The highest BCUT2D eigenvalue weighted by molar-refractivity contribution is 7.81. The Hall–Kier alpha value is 2.72. The third-order valence-electron chi connectivity index (χ3n) is 17.1. The highest BCUT2D eigenvalue weighted by atomic mass is 32.1. The van der Waals surface area contributed by atoms with Crippen molar-refractivity contribution < 1.29 is 28.6 Å². The van der Waals surface area contributed by atoms with E-state index >= 15 is 0 Å². The van der Waals surface area contributed by atoms with Gasteiger partial charge in [-0.2, -0.15) is 63.1 Å². The Kier molecular flexibility index (Phi) is 51.2. The molecule has 0 spiro atoms. The summed E-state index contributed by atoms with van der Waals surface area (Å²) in [6.45, 7) is 2.65. The normalized spacial score (nSPS) is 20.0. The molecule has 4 N–H and O–H groups in total. The zero-order valence-corrected chi connectivity index (χ0v) is 53.6. The predicted molar refractivity (Wildman–Crippen MR) is 339 cm³/mol. The summed E-state index contributed by atoms with van der Waals surface area (Å²) >= 11 is 28.7. The van der Waals surface area contributed by atoms with Gasteiger partial charge in [0.2, 0.25) is 0 Å². The minimum atomic E-state index is -2.58. The minimum absolute atomic E-state index is 0.0127. The van der Waals surface area contributed by atoms with Crippen molar-refractivity contribution in [1.29, 1.82) is 0 Å². The summed E-state index contributed by atoms with van der Waals surface area (Å²) in [4.78, 5) is 41.3. The van der Waals surface area contributed by atoms with E-state index in [9.17, 15) is 19.6 Å². The van der Waals surface area contributed by atoms with E-state index in [2.05, 4.69) is 57.4 Å². The van der Waals surface area contributed by atoms with Crippen LogP contribution in [0.3, 0.4) is 0 Å². The van der Waals surface area contributed by atoms with E-state index in [1.807, 2.05) is 0 Å². The van der Waals surface area contributed by atoms with Crippen LogP contribution >= 0.6 is 93.0 Å². The van der Waals surface area contributed by atoms with Crippen LogP contribution in [0.15, 0.2) is 0 Å². The van der Waals surface area contributed by atoms with Crippen LogP contribution in [0, 0.1) is 28.6 Å². The van der Waals surface area contributed by atoms with E-state index in [1.54, 1.807) is 0 Å². The summed E-state index contributed by atoms with van der Waals surface area (Å²) in [5.74, 6) is 4.32. The second-order valence-electron chi connectivity index (χ2n) is 22.5. The summed E-state index contributed by atoms with van der Waals surface area (Å²) in [5.41, 5.74) is -1.03. The number of hydrogen-bond donors (Lipinski definition) is 10. The van der Waals surface area contributed by atoms with Gasteiger partial charge in [0, 0.05) is 5.25 Å². The Bertz CT molecular complexity index is 1130. The molecule has 1 fully saturated rings. The van der Waals surface area contributed by atoms with Crippen LogP contribution in [-0.4, -0.2) is 59.9 Å². The third-order valence-corrected chi connectivity index (χ3v) is 20.8. The standard InChI is InChI=1S/C58H118O6P2S6/c1-52(56(72)64-66(61)62)58(45-37-29-21-13-5-9-17-25-33-41-49-70)54(42-34-26-18-10-2-6-14-22-30-38-46-67)50-53(51-63-65(59)60)55(71)57(58,43-35-27-19-11-3-7-15-23-31-39-47-68)44-36-28-20-12-4-8-16-24-32-40-48-69/h52-56,59-62,67-72H,2-51H2,1H3. The number of rotatable bonds is 55. The highest BCUT2D eigenvalue weighted by Gasteiger charge is 2.64. The first-order valence-corrected chi connectivity index (χ1v) is 36.4. The maximum absolute atomic E-state index is 10.5. The van der Waals surface area contributed by atoms with Gasteiger partial charge in [-0.15, -0.1) is 12.6 Å². The van der Waals surface area contributed by atoms with Crippen molar-refractivity contribution in [3.8, 4) is 0 Å². The van der Waals surface area contributed by atoms with Gasteiger partial charge >= 0.3 is 17.2 Å². The summed E-state index contributed by atoms with van der Waals surface area (Å²) < 4.78 is 11.9. The molecule has 6 unspecified atom stereocenters. The smallest absolute Gasteiger partial charge is 0.328 e. The molecular weight excluding hydrogens is 1050 g/mol. The zero-order valence-electron chi connectivity index (χ0n) is 46.4. The van der Waals surface area contributed by atoms with E-state index in [1.165, 1.54) is 231 Å². The van der Waals surface area contributed by atoms with E-state index in [0.29, 0.717) is 12.5 Å². The lowest BCUT2D eigenvalue weighted by molar-refractivity contribution is -0.154. The Morgan fingerprint density at radius 3 is 1.03 bits per heavy atom. The number of hydrogen-bond acceptors (Lipinski definition) is 12. The summed E-state index contributed by atoms with van der Waals surface area (Å²) in [7, 11) is -5.06. The lowest BCUT2D eigenvalue weighted by atomic mass is 9.41. The molecule has 1 rings (SSSR count). The molecule has 6 nitrogen and oxygen atoms in total. The fourth-order valence-electron chi connectivity index (χ4n) is 13.2. The number of thiol groups is 6. The van der Waals surface area contributed by atoms with Gasteiger partial charge in [0.05, 0.1) is 6.61 Å². The second kappa shape index (κ2) is 50.7. The van der Waals surface area contributed by atoms with Crippen LogP contribution in [-0.2, 0) is 9.05 Å². The molecule has 0 heterocycles. The maximum Gasteiger partial charge on any atom is 0.328 e. The van der Waals surface area contributed by atoms with Crippen LogP contribution in [0.5, 0.6) is 0 Å². The van der Waals surface area contributed by atoms with Crippen molar-refractivity contribution in [1.82, 2.24) is 0 Å². The third kappa shape index (κ3) is 33.5. The summed E-state index contributed by atoms with van der Waals surface area (Å²) in [6.07, 6.45) is 55.9. The highest BCUT2D eigenvalue weighted by Crippen LogP contribution is 2.69. The van der Waals surface area contributed by atoms with Crippen molar-refractivity contribution >= 4 is 93.0 Å². The van der Waals surface area contributed by atoms with Crippen molar-refractivity contribution in [2.75, 3.05) is 29.6 Å². The Balaban J connectivity index is 3.65. The van der Waals surface area contributed by atoms with Gasteiger partial charge in [-0.1, -0.05) is 238 Å². The van der Waals surface area contributed by atoms with Gasteiger partial charge in [0.15, 0.2) is 0 Å². The SMILES string of the molecule is CC(C(S)OP(O)O)C1(CCCCCCCCCCCCS)C(CCCCCCCCCCCCS)CC(COP(O)O)C(S)C1(CCCCCCCCCCCCS)CCCCCCCCCCCCS. The zero-order chi connectivity index (χ0) is 52.8. The molecule has 1 aliphatic carbocycles. The topological polar surface area (TPSA) is 99.4 Å². The summed E-state index contributed by atoms with van der Waals surface area (Å²) in [6, 6.07) is 0. The molecule has 0 aromatic rings. The van der Waals surface area contributed by atoms with Gasteiger partial charge in [-0.3, -0.25) is 4.52 Å². The first kappa shape index (κ1) is 72.7. The van der Waals surface area contributed by atoms with E-state index < -0.39 is 22.6 Å². The van der Waals surface area contributed by atoms with Gasteiger partial charge in [0.25, 0.3) is 0 Å². The maximum atomic E-state index is 10.5. The molecule has 0 saturated heterocycles. The molecule has 0 radical (unpaired) electrons. The molecule has 1 saturated carbocycles. The molecule has 0 aromatic carbocycles. The molecule has 72 heavy (non-hydrogen) atoms. The molecule has 0 aliphatic heterocycles. The average molecular weight is 1170 g/mol. The van der Waals surface area contributed by atoms with E-state index in [0.717, 1.165) is 80.8 Å². The van der Waals surface area contributed by atoms with Crippen molar-refractivity contribution in [3.05, 3.63) is 0 Å². The fourth-order valence-corrected chi connectivity index (χ4v) is 16.0. The van der Waals surface area contributed by atoms with Gasteiger partial charge in [-0.25, -0.2) is 0 Å². The van der Waals surface area contributed by atoms with Crippen LogP contribution < -0.4 is 0 Å². The van der Waals surface area contributed by atoms with Gasteiger partial charge in [0.1, 0.15) is 5.44 Å². The van der Waals surface area contributed by atoms with E-state index in [4.69, 9.17) is 34.3 Å². The van der Waals surface area contributed by atoms with Crippen LogP contribution in [0.25, 0.3) is 0 Å². The van der Waals surface area contributed by atoms with Gasteiger partial charge in [-0.05, 0) is 109 Å². The molecule has 0 bridgehead atoms. The monoisotopic (exact) mass is 1160 g/mol. The molecule has 432 valence electrons. The van der Waals surface area contributed by atoms with E-state index in [-0.39, 0.29) is 27.9 Å². The average Bonchev–Trinajstić information content (AvgIpc) is 3.36. The lowest BCUT2D eigenvalue weighted by Crippen LogP contribution is -2.63. The Morgan fingerprint density at radius 1 is 0.431 bits per heavy atom. The summed E-state index contributed by atoms with van der Waals surface area (Å²) in [5, 5.41) is -0.0127. The predicted octanol–water partition coefficient (Wildman–Crippen LogP) is 20.1. The van der Waals surface area contributed by atoms with Crippen LogP contribution in [0.2, 0.25) is 0 Å². The van der Waals surface area contributed by atoms with Crippen molar-refractivity contribution in [2.24, 2.45) is 28.6 Å². The van der Waals surface area contributed by atoms with Crippen LogP contribution in [0.1, 0.15) is 296 Å². The Morgan fingerprint density at radius 2 is 0.722 bits per heavy atom. The molecular formula is C58H118O6P2S6. The molecule has 6 atom stereocenters. The largest absolute Gasteiger partial charge is 0.328 e. The van der Waals surface area contributed by atoms with Gasteiger partial charge < -0.3 is 24.1 Å². The first-order valence-electron chi connectivity index (χ1n) is 30.5. The fraction of sp³-hybridized carbons (Fsp3) is 1.00. The quantitative estimate of drug-likeness (QED) is 0.0129. The van der Waals surface area contributed by atoms with Crippen molar-refractivity contribution in [3.63, 3.8) is 0 Å².